The van der Waals surface area contributed by atoms with Gasteiger partial charge in [0.15, 0.2) is 0 Å². The molecule has 0 spiro atoms. The number of ketones is 1. The van der Waals surface area contributed by atoms with Crippen LogP contribution in [0.15, 0.2) is 0 Å². The highest BCUT2D eigenvalue weighted by atomic mass is 16.5. The second-order valence-corrected chi connectivity index (χ2v) is 4.33. The van der Waals surface area contributed by atoms with E-state index in [0.717, 1.165) is 0 Å². The fourth-order valence-electron chi connectivity index (χ4n) is 0.997. The van der Waals surface area contributed by atoms with Crippen LogP contribution in [0.25, 0.3) is 0 Å². The third kappa shape index (κ3) is 10.6. The molecule has 3 N–H and O–H groups in total. The Hall–Kier alpha value is -0.980. The van der Waals surface area contributed by atoms with Gasteiger partial charge in [-0.2, -0.15) is 0 Å². The molecule has 0 aromatic heterocycles. The normalized spacial score (nSPS) is 10.4. The van der Waals surface area contributed by atoms with Crippen molar-refractivity contribution in [3.05, 3.63) is 0 Å². The van der Waals surface area contributed by atoms with Crippen molar-refractivity contribution in [2.45, 2.75) is 40.0 Å². The monoisotopic (exact) mass is 278 g/mol. The summed E-state index contributed by atoms with van der Waals surface area (Å²) in [6.07, 6.45) is 1.10. The number of Topliss-reactive ketones (excluding diaryl/α,β-unsaturated/α-hetero) is 1. The Labute approximate surface area is 114 Å². The topological polar surface area (TPSA) is 104 Å². The van der Waals surface area contributed by atoms with E-state index in [9.17, 15) is 9.59 Å². The molecule has 0 rings (SSSR count). The van der Waals surface area contributed by atoms with Gasteiger partial charge < -0.3 is 24.9 Å². The fraction of sp³-hybridized carbons (Fsp3) is 0.846. The zero-order valence-electron chi connectivity index (χ0n) is 12.0. The lowest BCUT2D eigenvalue weighted by Gasteiger charge is -2.24. The molecule has 0 atom stereocenters. The molecule has 6 nitrogen and oxygen atoms in total. The molecule has 19 heavy (non-hydrogen) atoms. The van der Waals surface area contributed by atoms with Crippen molar-refractivity contribution in [2.75, 3.05) is 26.4 Å². The first-order valence-electron chi connectivity index (χ1n) is 6.39. The molecule has 0 amide bonds. The van der Waals surface area contributed by atoms with E-state index in [2.05, 4.69) is 4.74 Å². The molecule has 0 radical (unpaired) electrons. The molecular weight excluding hydrogens is 252 g/mol. The predicted molar refractivity (Wildman–Crippen MR) is 70.5 cm³/mol. The quantitative estimate of drug-likeness (QED) is 0.551. The molecule has 0 aliphatic heterocycles. The van der Waals surface area contributed by atoms with Crippen molar-refractivity contribution in [3.8, 4) is 0 Å². The summed E-state index contributed by atoms with van der Waals surface area (Å²) in [5.41, 5.74) is -0.667. The molecule has 0 saturated heterocycles. The Morgan fingerprint density at radius 1 is 1.00 bits per heavy atom. The summed E-state index contributed by atoms with van der Waals surface area (Å²) in [5.74, 6) is -0.272. The number of carbonyl (C=O) groups is 2. The Bertz CT molecular complexity index is 230. The molecule has 0 bridgehead atoms. The van der Waals surface area contributed by atoms with E-state index < -0.39 is 5.41 Å². The van der Waals surface area contributed by atoms with Crippen molar-refractivity contribution in [1.82, 2.24) is 0 Å². The second-order valence-electron chi connectivity index (χ2n) is 4.33. The Morgan fingerprint density at radius 3 is 1.68 bits per heavy atom. The van der Waals surface area contributed by atoms with Gasteiger partial charge in [-0.15, -0.1) is 0 Å². The summed E-state index contributed by atoms with van der Waals surface area (Å²) in [5, 5.41) is 26.0. The lowest BCUT2D eigenvalue weighted by atomic mass is 9.88. The minimum Gasteiger partial charge on any atom is -0.466 e. The zero-order chi connectivity index (χ0) is 15.3. The minimum atomic E-state index is -0.667. The van der Waals surface area contributed by atoms with Crippen LogP contribution in [0.4, 0.5) is 0 Å². The third-order valence-electron chi connectivity index (χ3n) is 2.74. The molecule has 0 unspecified atom stereocenters. The van der Waals surface area contributed by atoms with Gasteiger partial charge >= 0.3 is 5.97 Å². The first-order valence-corrected chi connectivity index (χ1v) is 6.39. The van der Waals surface area contributed by atoms with Gasteiger partial charge in [0, 0.05) is 11.8 Å². The van der Waals surface area contributed by atoms with E-state index in [0.29, 0.717) is 19.4 Å². The van der Waals surface area contributed by atoms with E-state index in [1.807, 2.05) is 6.92 Å². The van der Waals surface area contributed by atoms with Crippen LogP contribution in [0.2, 0.25) is 0 Å². The van der Waals surface area contributed by atoms with Gasteiger partial charge in [0.25, 0.3) is 0 Å². The van der Waals surface area contributed by atoms with Crippen LogP contribution in [0.3, 0.4) is 0 Å². The maximum Gasteiger partial charge on any atom is 0.306 e. The molecular formula is C13H26O6. The first-order chi connectivity index (χ1) is 8.91. The highest BCUT2D eigenvalue weighted by Gasteiger charge is 2.24. The number of rotatable bonds is 8. The average molecular weight is 278 g/mol. The Morgan fingerprint density at radius 2 is 1.47 bits per heavy atom. The van der Waals surface area contributed by atoms with E-state index in [1.165, 1.54) is 6.92 Å². The summed E-state index contributed by atoms with van der Waals surface area (Å²) < 4.78 is 4.60. The predicted octanol–water partition coefficient (Wildman–Crippen LogP) is 0.278. The number of hydrogen-bond acceptors (Lipinski definition) is 6. The van der Waals surface area contributed by atoms with Gasteiger partial charge in [-0.1, -0.05) is 6.92 Å². The molecule has 0 aliphatic rings. The van der Waals surface area contributed by atoms with E-state index in [-0.39, 0.29) is 38.0 Å². The van der Waals surface area contributed by atoms with E-state index in [4.69, 9.17) is 15.3 Å². The van der Waals surface area contributed by atoms with Gasteiger partial charge in [-0.3, -0.25) is 4.79 Å². The van der Waals surface area contributed by atoms with Gasteiger partial charge in [0.05, 0.1) is 32.8 Å². The lowest BCUT2D eigenvalue weighted by molar-refractivity contribution is -0.144. The van der Waals surface area contributed by atoms with Crippen LogP contribution in [0, 0.1) is 5.41 Å². The van der Waals surface area contributed by atoms with E-state index >= 15 is 0 Å². The SMILES string of the molecule is CCC(CO)(CO)CO.CCOC(=O)CCC(C)=O. The number of hydrogen-bond donors (Lipinski definition) is 3. The van der Waals surface area contributed by atoms with Crippen LogP contribution in [0.5, 0.6) is 0 Å². The van der Waals surface area contributed by atoms with Crippen LogP contribution < -0.4 is 0 Å². The average Bonchev–Trinajstić information content (AvgIpc) is 2.41. The Kier molecular flexibility index (Phi) is 12.9. The van der Waals surface area contributed by atoms with Crippen molar-refractivity contribution >= 4 is 11.8 Å². The van der Waals surface area contributed by atoms with Gasteiger partial charge in [0.1, 0.15) is 5.78 Å². The second kappa shape index (κ2) is 12.1. The first kappa shape index (κ1) is 20.3. The largest absolute Gasteiger partial charge is 0.466 e. The standard InChI is InChI=1S/C7H12O3.C6H14O3/c1-3-10-7(9)5-4-6(2)8;1-2-6(3-7,4-8)5-9/h3-5H2,1-2H3;7-9H,2-5H2,1H3. The molecule has 0 fully saturated rings. The van der Waals surface area contributed by atoms with Crippen LogP contribution >= 0.6 is 0 Å². The van der Waals surface area contributed by atoms with Gasteiger partial charge in [0.2, 0.25) is 0 Å². The van der Waals surface area contributed by atoms with Gasteiger partial charge in [-0.25, -0.2) is 0 Å². The summed E-state index contributed by atoms with van der Waals surface area (Å²) in [7, 11) is 0. The summed E-state index contributed by atoms with van der Waals surface area (Å²) >= 11 is 0. The number of esters is 1. The number of aliphatic hydroxyl groups excluding tert-OH is 3. The fourth-order valence-corrected chi connectivity index (χ4v) is 0.997. The van der Waals surface area contributed by atoms with Crippen molar-refractivity contribution in [1.29, 1.82) is 0 Å². The van der Waals surface area contributed by atoms with Crippen molar-refractivity contribution in [3.63, 3.8) is 0 Å². The maximum atomic E-state index is 10.6. The molecule has 0 heterocycles. The maximum absolute atomic E-state index is 10.6. The number of ether oxygens (including phenoxy) is 1. The highest BCUT2D eigenvalue weighted by molar-refractivity contribution is 5.80. The van der Waals surface area contributed by atoms with Gasteiger partial charge in [-0.05, 0) is 20.3 Å². The lowest BCUT2D eigenvalue weighted by Crippen LogP contribution is -2.32. The smallest absolute Gasteiger partial charge is 0.306 e. The Balaban J connectivity index is 0. The minimum absolute atomic E-state index is 0.0213. The zero-order valence-corrected chi connectivity index (χ0v) is 12.0. The summed E-state index contributed by atoms with van der Waals surface area (Å²) in [6.45, 7) is 4.94. The van der Waals surface area contributed by atoms with Crippen molar-refractivity contribution in [2.24, 2.45) is 5.41 Å². The highest BCUT2D eigenvalue weighted by Crippen LogP contribution is 2.18. The van der Waals surface area contributed by atoms with Crippen molar-refractivity contribution < 1.29 is 29.6 Å². The summed E-state index contributed by atoms with van der Waals surface area (Å²) in [4.78, 5) is 20.9. The molecule has 6 heteroatoms. The molecule has 0 saturated carbocycles. The van der Waals surface area contributed by atoms with Crippen LogP contribution in [-0.4, -0.2) is 53.5 Å². The number of aliphatic hydroxyl groups is 3. The van der Waals surface area contributed by atoms with E-state index in [1.54, 1.807) is 6.92 Å². The molecule has 0 aromatic carbocycles. The summed E-state index contributed by atoms with van der Waals surface area (Å²) in [6, 6.07) is 0. The number of carbonyl (C=O) groups excluding carboxylic acids is 2. The third-order valence-corrected chi connectivity index (χ3v) is 2.74. The molecule has 0 aliphatic carbocycles. The molecule has 0 aromatic rings. The molecule has 114 valence electrons. The van der Waals surface area contributed by atoms with Crippen LogP contribution in [-0.2, 0) is 14.3 Å². The van der Waals surface area contributed by atoms with Crippen LogP contribution in [0.1, 0.15) is 40.0 Å².